The normalized spacial score (nSPS) is 11.3. The Bertz CT molecular complexity index is 758. The van der Waals surface area contributed by atoms with E-state index in [0.29, 0.717) is 32.2 Å². The SMILES string of the molecule is C=CCNC(=NCc1nnc(C)n1C)N(C)CCOc1ccccc1F. The number of aliphatic imine (C=N–C) groups is 1. The summed E-state index contributed by atoms with van der Waals surface area (Å²) in [5.74, 6) is 2.17. The standard InChI is InChI=1S/C18H25FN6O/c1-5-10-20-18(21-13-17-23-22-14(2)25(17)4)24(3)11-12-26-16-9-7-6-8-15(16)19/h5-9H,1,10-13H2,2-4H3,(H,20,21). The Balaban J connectivity index is 1.96. The van der Waals surface area contributed by atoms with E-state index in [0.717, 1.165) is 11.6 Å². The predicted molar refractivity (Wildman–Crippen MR) is 99.6 cm³/mol. The van der Waals surface area contributed by atoms with Crippen LogP contribution in [0.25, 0.3) is 0 Å². The minimum Gasteiger partial charge on any atom is -0.489 e. The van der Waals surface area contributed by atoms with E-state index in [1.54, 1.807) is 24.3 Å². The average molecular weight is 360 g/mol. The van der Waals surface area contributed by atoms with Crippen LogP contribution in [0.4, 0.5) is 4.39 Å². The number of aryl methyl sites for hydroxylation is 1. The van der Waals surface area contributed by atoms with Crippen LogP contribution in [0.1, 0.15) is 11.6 Å². The van der Waals surface area contributed by atoms with Crippen LogP contribution in [0.15, 0.2) is 41.9 Å². The lowest BCUT2D eigenvalue weighted by molar-refractivity contribution is 0.270. The van der Waals surface area contributed by atoms with Crippen LogP contribution in [-0.4, -0.2) is 52.4 Å². The number of likely N-dealkylation sites (N-methyl/N-ethyl adjacent to an activating group) is 1. The maximum Gasteiger partial charge on any atom is 0.194 e. The fourth-order valence-electron chi connectivity index (χ4n) is 2.17. The Kier molecular flexibility index (Phi) is 7.13. The summed E-state index contributed by atoms with van der Waals surface area (Å²) in [6.07, 6.45) is 1.76. The summed E-state index contributed by atoms with van der Waals surface area (Å²) in [7, 11) is 3.80. The van der Waals surface area contributed by atoms with E-state index in [9.17, 15) is 4.39 Å². The van der Waals surface area contributed by atoms with Crippen LogP contribution < -0.4 is 10.1 Å². The maximum absolute atomic E-state index is 13.6. The van der Waals surface area contributed by atoms with Crippen LogP contribution >= 0.6 is 0 Å². The molecule has 7 nitrogen and oxygen atoms in total. The number of nitrogens with zero attached hydrogens (tertiary/aromatic N) is 5. The molecule has 0 saturated heterocycles. The molecule has 140 valence electrons. The van der Waals surface area contributed by atoms with Crippen molar-refractivity contribution >= 4 is 5.96 Å². The number of halogens is 1. The zero-order valence-corrected chi connectivity index (χ0v) is 15.4. The summed E-state index contributed by atoms with van der Waals surface area (Å²) < 4.78 is 21.0. The molecule has 1 N–H and O–H groups in total. The lowest BCUT2D eigenvalue weighted by Gasteiger charge is -2.22. The largest absolute Gasteiger partial charge is 0.489 e. The van der Waals surface area contributed by atoms with Crippen molar-refractivity contribution < 1.29 is 9.13 Å². The molecule has 0 radical (unpaired) electrons. The highest BCUT2D eigenvalue weighted by atomic mass is 19.1. The van der Waals surface area contributed by atoms with Gasteiger partial charge in [0.15, 0.2) is 23.4 Å². The van der Waals surface area contributed by atoms with Gasteiger partial charge in [-0.05, 0) is 19.1 Å². The molecule has 0 aliphatic rings. The van der Waals surface area contributed by atoms with E-state index in [1.807, 2.05) is 30.5 Å². The second-order valence-corrected chi connectivity index (χ2v) is 5.73. The van der Waals surface area contributed by atoms with E-state index < -0.39 is 0 Å². The number of para-hydroxylation sites is 1. The number of rotatable bonds is 8. The van der Waals surface area contributed by atoms with Crippen LogP contribution in [0.3, 0.4) is 0 Å². The van der Waals surface area contributed by atoms with Crippen LogP contribution in [0.5, 0.6) is 5.75 Å². The average Bonchev–Trinajstić information content (AvgIpc) is 2.95. The minimum absolute atomic E-state index is 0.244. The molecule has 0 saturated carbocycles. The van der Waals surface area contributed by atoms with Crippen molar-refractivity contribution in [2.24, 2.45) is 12.0 Å². The van der Waals surface area contributed by atoms with Gasteiger partial charge in [-0.2, -0.15) is 0 Å². The van der Waals surface area contributed by atoms with Crippen molar-refractivity contribution in [3.63, 3.8) is 0 Å². The van der Waals surface area contributed by atoms with Gasteiger partial charge in [0.2, 0.25) is 0 Å². The summed E-state index contributed by atoms with van der Waals surface area (Å²) in [4.78, 5) is 6.49. The van der Waals surface area contributed by atoms with Crippen molar-refractivity contribution in [2.75, 3.05) is 26.7 Å². The van der Waals surface area contributed by atoms with Crippen LogP contribution in [0, 0.1) is 12.7 Å². The first-order valence-corrected chi connectivity index (χ1v) is 8.35. The molecule has 26 heavy (non-hydrogen) atoms. The van der Waals surface area contributed by atoms with Crippen molar-refractivity contribution in [3.8, 4) is 5.75 Å². The molecule has 0 spiro atoms. The molecule has 1 heterocycles. The van der Waals surface area contributed by atoms with Gasteiger partial charge in [-0.25, -0.2) is 9.38 Å². The van der Waals surface area contributed by atoms with E-state index in [2.05, 4.69) is 27.1 Å². The van der Waals surface area contributed by atoms with Gasteiger partial charge in [-0.1, -0.05) is 18.2 Å². The number of hydrogen-bond acceptors (Lipinski definition) is 4. The Morgan fingerprint density at radius 3 is 2.85 bits per heavy atom. The fourth-order valence-corrected chi connectivity index (χ4v) is 2.17. The molecule has 8 heteroatoms. The van der Waals surface area contributed by atoms with Crippen LogP contribution in [0.2, 0.25) is 0 Å². The molecule has 0 bridgehead atoms. The number of hydrogen-bond donors (Lipinski definition) is 1. The molecular weight excluding hydrogens is 335 g/mol. The lowest BCUT2D eigenvalue weighted by Crippen LogP contribution is -2.41. The Labute approximate surface area is 153 Å². The van der Waals surface area contributed by atoms with E-state index in [-0.39, 0.29) is 11.6 Å². The molecule has 0 aliphatic carbocycles. The third-order valence-corrected chi connectivity index (χ3v) is 3.84. The number of aromatic nitrogens is 3. The molecule has 2 rings (SSSR count). The van der Waals surface area contributed by atoms with Gasteiger partial charge in [0.1, 0.15) is 19.0 Å². The molecule has 0 aliphatic heterocycles. The molecule has 0 atom stereocenters. The molecular formula is C18H25FN6O. The Hall–Kier alpha value is -2.90. The molecule has 1 aromatic heterocycles. The third kappa shape index (κ3) is 5.30. The Morgan fingerprint density at radius 2 is 2.19 bits per heavy atom. The maximum atomic E-state index is 13.6. The third-order valence-electron chi connectivity index (χ3n) is 3.84. The summed E-state index contributed by atoms with van der Waals surface area (Å²) in [5.41, 5.74) is 0. The highest BCUT2D eigenvalue weighted by molar-refractivity contribution is 5.79. The monoisotopic (exact) mass is 360 g/mol. The zero-order valence-electron chi connectivity index (χ0n) is 15.4. The van der Waals surface area contributed by atoms with Gasteiger partial charge in [-0.15, -0.1) is 16.8 Å². The molecule has 0 amide bonds. The second-order valence-electron chi connectivity index (χ2n) is 5.73. The van der Waals surface area contributed by atoms with Crippen molar-refractivity contribution in [1.29, 1.82) is 0 Å². The second kappa shape index (κ2) is 9.55. The van der Waals surface area contributed by atoms with Gasteiger partial charge in [0.25, 0.3) is 0 Å². The van der Waals surface area contributed by atoms with Gasteiger partial charge in [-0.3, -0.25) is 0 Å². The minimum atomic E-state index is -0.369. The number of ether oxygens (including phenoxy) is 1. The predicted octanol–water partition coefficient (Wildman–Crippen LogP) is 1.91. The first kappa shape index (κ1) is 19.4. The highest BCUT2D eigenvalue weighted by Crippen LogP contribution is 2.15. The van der Waals surface area contributed by atoms with Gasteiger partial charge in [0.05, 0.1) is 6.54 Å². The first-order valence-electron chi connectivity index (χ1n) is 8.35. The summed E-state index contributed by atoms with van der Waals surface area (Å²) >= 11 is 0. The number of nitrogens with one attached hydrogen (secondary N) is 1. The summed E-state index contributed by atoms with van der Waals surface area (Å²) in [6.45, 7) is 7.44. The first-order chi connectivity index (χ1) is 12.5. The van der Waals surface area contributed by atoms with Gasteiger partial charge >= 0.3 is 0 Å². The zero-order chi connectivity index (χ0) is 18.9. The summed E-state index contributed by atoms with van der Waals surface area (Å²) in [5, 5.41) is 11.3. The van der Waals surface area contributed by atoms with Crippen molar-refractivity contribution in [3.05, 3.63) is 54.4 Å². The molecule has 0 fully saturated rings. The van der Waals surface area contributed by atoms with Crippen LogP contribution in [-0.2, 0) is 13.6 Å². The van der Waals surface area contributed by atoms with Gasteiger partial charge in [0, 0.05) is 20.6 Å². The smallest absolute Gasteiger partial charge is 0.194 e. The van der Waals surface area contributed by atoms with E-state index >= 15 is 0 Å². The number of guanidine groups is 1. The quantitative estimate of drug-likeness (QED) is 0.442. The van der Waals surface area contributed by atoms with E-state index in [4.69, 9.17) is 4.74 Å². The van der Waals surface area contributed by atoms with Gasteiger partial charge < -0.3 is 19.5 Å². The molecule has 0 unspecified atom stereocenters. The van der Waals surface area contributed by atoms with E-state index in [1.165, 1.54) is 6.07 Å². The fraction of sp³-hybridized carbons (Fsp3) is 0.389. The number of benzene rings is 1. The lowest BCUT2D eigenvalue weighted by atomic mass is 10.3. The van der Waals surface area contributed by atoms with Crippen molar-refractivity contribution in [2.45, 2.75) is 13.5 Å². The molecule has 2 aromatic rings. The summed E-state index contributed by atoms with van der Waals surface area (Å²) in [6, 6.07) is 6.35. The van der Waals surface area contributed by atoms with Crippen molar-refractivity contribution in [1.82, 2.24) is 25.0 Å². The topological polar surface area (TPSA) is 67.6 Å². The highest BCUT2D eigenvalue weighted by Gasteiger charge is 2.09. The Morgan fingerprint density at radius 1 is 1.42 bits per heavy atom. The molecule has 1 aromatic carbocycles.